The Morgan fingerprint density at radius 1 is 1.12 bits per heavy atom. The molecule has 0 radical (unpaired) electrons. The lowest BCUT2D eigenvalue weighted by molar-refractivity contribution is 0.273. The molecule has 8 nitrogen and oxygen atoms in total. The van der Waals surface area contributed by atoms with Crippen LogP contribution in [-0.4, -0.2) is 19.6 Å². The molecule has 0 fully saturated rings. The van der Waals surface area contributed by atoms with Crippen LogP contribution in [0.2, 0.25) is 0 Å². The third kappa shape index (κ3) is 2.94. The van der Waals surface area contributed by atoms with Gasteiger partial charge in [-0.2, -0.15) is 0 Å². The van der Waals surface area contributed by atoms with E-state index in [-0.39, 0.29) is 16.9 Å². The number of azo groups is 1. The van der Waals surface area contributed by atoms with E-state index < -0.39 is 11.4 Å². The zero-order valence-electron chi connectivity index (χ0n) is 15.4. The molecular formula is C18H21N5O3. The lowest BCUT2D eigenvalue weighted by Gasteiger charge is -2.13. The summed E-state index contributed by atoms with van der Waals surface area (Å²) in [6, 6.07) is 9.27. The minimum absolute atomic E-state index is 0.131. The van der Waals surface area contributed by atoms with Crippen molar-refractivity contribution >= 4 is 11.4 Å². The first-order valence-electron chi connectivity index (χ1n) is 8.16. The van der Waals surface area contributed by atoms with Crippen molar-refractivity contribution in [3.63, 3.8) is 0 Å². The van der Waals surface area contributed by atoms with Crippen LogP contribution >= 0.6 is 0 Å². The van der Waals surface area contributed by atoms with Crippen molar-refractivity contribution in [2.24, 2.45) is 17.3 Å². The lowest BCUT2D eigenvalue weighted by Crippen LogP contribution is -2.19. The fraction of sp³-hybridized carbons (Fsp3) is 0.333. The normalized spacial score (nSPS) is 12.2. The maximum Gasteiger partial charge on any atom is 0.337 e. The molecule has 0 spiro atoms. The van der Waals surface area contributed by atoms with Gasteiger partial charge in [0, 0.05) is 12.5 Å². The summed E-state index contributed by atoms with van der Waals surface area (Å²) >= 11 is 0. The van der Waals surface area contributed by atoms with Gasteiger partial charge in [0.2, 0.25) is 0 Å². The number of rotatable bonds is 3. The van der Waals surface area contributed by atoms with Crippen molar-refractivity contribution in [1.29, 1.82) is 0 Å². The van der Waals surface area contributed by atoms with Crippen LogP contribution in [-0.2, 0) is 12.5 Å². The molecule has 0 aliphatic carbocycles. The Hall–Kier alpha value is -3.16. The van der Waals surface area contributed by atoms with Gasteiger partial charge >= 0.3 is 5.95 Å². The highest BCUT2D eigenvalue weighted by molar-refractivity contribution is 5.52. The van der Waals surface area contributed by atoms with E-state index in [9.17, 15) is 9.90 Å². The molecule has 1 aromatic carbocycles. The molecule has 0 bridgehead atoms. The van der Waals surface area contributed by atoms with E-state index in [2.05, 4.69) is 15.4 Å². The van der Waals surface area contributed by atoms with E-state index in [1.807, 2.05) is 51.1 Å². The number of aromatic nitrogens is 3. The highest BCUT2D eigenvalue weighted by Gasteiger charge is 2.27. The first-order valence-corrected chi connectivity index (χ1v) is 8.16. The van der Waals surface area contributed by atoms with E-state index in [0.717, 1.165) is 5.69 Å². The molecule has 0 unspecified atom stereocenters. The van der Waals surface area contributed by atoms with E-state index in [1.165, 1.54) is 4.68 Å². The summed E-state index contributed by atoms with van der Waals surface area (Å²) < 4.78 is 8.06. The van der Waals surface area contributed by atoms with Gasteiger partial charge < -0.3 is 9.63 Å². The van der Waals surface area contributed by atoms with E-state index in [4.69, 9.17) is 4.52 Å². The molecule has 3 rings (SSSR count). The predicted octanol–water partition coefficient (Wildman–Crippen LogP) is 3.89. The van der Waals surface area contributed by atoms with Crippen molar-refractivity contribution in [3.05, 3.63) is 52.1 Å². The molecule has 136 valence electrons. The largest absolute Gasteiger partial charge is 0.478 e. The minimum atomic E-state index is -0.421. The summed E-state index contributed by atoms with van der Waals surface area (Å²) in [4.78, 5) is 12.8. The van der Waals surface area contributed by atoms with Crippen LogP contribution < -0.4 is 5.56 Å². The van der Waals surface area contributed by atoms with Gasteiger partial charge in [-0.15, -0.1) is 10.2 Å². The van der Waals surface area contributed by atoms with Gasteiger partial charge in [0.1, 0.15) is 5.69 Å². The first kappa shape index (κ1) is 17.7. The van der Waals surface area contributed by atoms with Crippen molar-refractivity contribution in [3.8, 4) is 11.6 Å². The molecule has 0 saturated carbocycles. The zero-order valence-corrected chi connectivity index (χ0v) is 15.4. The molecule has 0 saturated heterocycles. The Kier molecular flexibility index (Phi) is 4.27. The highest BCUT2D eigenvalue weighted by atomic mass is 16.5. The summed E-state index contributed by atoms with van der Waals surface area (Å²) in [5, 5.41) is 21.9. The molecule has 3 aromatic rings. The number of benzene rings is 1. The Morgan fingerprint density at radius 2 is 1.73 bits per heavy atom. The SMILES string of the molecule is Cc1c(N=Nc2c(C(C)(C)C)noc2O)c(=O)n(-c2ccccc2)n1C. The van der Waals surface area contributed by atoms with Crippen LogP contribution in [0.25, 0.3) is 5.69 Å². The van der Waals surface area contributed by atoms with Crippen molar-refractivity contribution < 1.29 is 9.63 Å². The maximum absolute atomic E-state index is 12.8. The van der Waals surface area contributed by atoms with Crippen molar-refractivity contribution in [2.75, 3.05) is 0 Å². The average Bonchev–Trinajstić information content (AvgIpc) is 3.05. The summed E-state index contributed by atoms with van der Waals surface area (Å²) in [7, 11) is 1.78. The Labute approximate surface area is 150 Å². The molecule has 0 atom stereocenters. The fourth-order valence-corrected chi connectivity index (χ4v) is 2.63. The van der Waals surface area contributed by atoms with Crippen LogP contribution in [0.1, 0.15) is 32.2 Å². The molecule has 8 heteroatoms. The van der Waals surface area contributed by atoms with Crippen LogP contribution in [0.5, 0.6) is 5.95 Å². The fourth-order valence-electron chi connectivity index (χ4n) is 2.63. The Balaban J connectivity index is 2.10. The standard InChI is InChI=1S/C18H21N5O3/c1-11-13(16(24)23(22(11)5)12-9-7-6-8-10-12)19-20-14-15(18(2,3)4)21-26-17(14)25/h6-10,25H,1-5H3. The van der Waals surface area contributed by atoms with Crippen molar-refractivity contribution in [2.45, 2.75) is 33.1 Å². The second-order valence-electron chi connectivity index (χ2n) is 7.05. The lowest BCUT2D eigenvalue weighted by atomic mass is 9.91. The Morgan fingerprint density at radius 3 is 2.35 bits per heavy atom. The first-order chi connectivity index (χ1) is 12.2. The Bertz CT molecular complexity index is 1020. The summed E-state index contributed by atoms with van der Waals surface area (Å²) in [5.74, 6) is -0.421. The van der Waals surface area contributed by atoms with Gasteiger partial charge in [0.05, 0.1) is 11.4 Å². The second kappa shape index (κ2) is 6.29. The molecule has 2 aromatic heterocycles. The molecular weight excluding hydrogens is 334 g/mol. The van der Waals surface area contributed by atoms with E-state index in [0.29, 0.717) is 11.4 Å². The molecule has 0 aliphatic heterocycles. The quantitative estimate of drug-likeness (QED) is 0.721. The summed E-state index contributed by atoms with van der Waals surface area (Å²) in [6.07, 6.45) is 0. The van der Waals surface area contributed by atoms with Crippen LogP contribution in [0.3, 0.4) is 0 Å². The zero-order chi connectivity index (χ0) is 19.1. The molecule has 1 N–H and O–H groups in total. The number of aromatic hydroxyl groups is 1. The van der Waals surface area contributed by atoms with Gasteiger partial charge in [-0.3, -0.25) is 9.48 Å². The maximum atomic E-state index is 12.8. The number of nitrogens with zero attached hydrogens (tertiary/aromatic N) is 5. The van der Waals surface area contributed by atoms with Gasteiger partial charge in [0.25, 0.3) is 5.56 Å². The number of hydrogen-bond acceptors (Lipinski definition) is 6. The van der Waals surface area contributed by atoms with Crippen LogP contribution in [0.15, 0.2) is 49.9 Å². The summed E-state index contributed by atoms with van der Waals surface area (Å²) in [6.45, 7) is 7.53. The number of para-hydroxylation sites is 1. The van der Waals surface area contributed by atoms with Gasteiger partial charge in [0.15, 0.2) is 11.4 Å². The topological polar surface area (TPSA) is 97.9 Å². The molecule has 0 aliphatic rings. The summed E-state index contributed by atoms with van der Waals surface area (Å²) in [5.41, 5.74) is 1.48. The van der Waals surface area contributed by atoms with Crippen LogP contribution in [0.4, 0.5) is 11.4 Å². The third-order valence-corrected chi connectivity index (χ3v) is 4.13. The van der Waals surface area contributed by atoms with E-state index >= 15 is 0 Å². The van der Waals surface area contributed by atoms with Gasteiger partial charge in [-0.05, 0) is 19.1 Å². The van der Waals surface area contributed by atoms with E-state index in [1.54, 1.807) is 18.7 Å². The smallest absolute Gasteiger partial charge is 0.337 e. The second-order valence-corrected chi connectivity index (χ2v) is 7.05. The molecule has 2 heterocycles. The minimum Gasteiger partial charge on any atom is -0.478 e. The number of hydrogen-bond donors (Lipinski definition) is 1. The highest BCUT2D eigenvalue weighted by Crippen LogP contribution is 2.38. The van der Waals surface area contributed by atoms with Gasteiger partial charge in [-0.25, -0.2) is 4.68 Å². The van der Waals surface area contributed by atoms with Gasteiger partial charge in [-0.1, -0.05) is 44.1 Å². The third-order valence-electron chi connectivity index (χ3n) is 4.13. The average molecular weight is 355 g/mol. The molecule has 0 amide bonds. The monoisotopic (exact) mass is 355 g/mol. The van der Waals surface area contributed by atoms with Crippen molar-refractivity contribution in [1.82, 2.24) is 14.5 Å². The predicted molar refractivity (Wildman–Crippen MR) is 96.8 cm³/mol. The van der Waals surface area contributed by atoms with Crippen LogP contribution in [0, 0.1) is 6.92 Å². The molecule has 26 heavy (non-hydrogen) atoms.